The summed E-state index contributed by atoms with van der Waals surface area (Å²) in [5.74, 6) is 0. The second-order valence-corrected chi connectivity index (χ2v) is 15.4. The van der Waals surface area contributed by atoms with E-state index in [1.54, 1.807) is 0 Å². The predicted octanol–water partition coefficient (Wildman–Crippen LogP) is 14.9. The van der Waals surface area contributed by atoms with Gasteiger partial charge in [-0.1, -0.05) is 133 Å². The lowest BCUT2D eigenvalue weighted by Gasteiger charge is -2.18. The van der Waals surface area contributed by atoms with E-state index in [2.05, 4.69) is 170 Å². The number of hydrogen-bond acceptors (Lipinski definition) is 2. The molecular weight excluding hydrogens is 641 g/mol. The van der Waals surface area contributed by atoms with E-state index in [0.717, 1.165) is 0 Å². The summed E-state index contributed by atoms with van der Waals surface area (Å²) >= 11 is 3.80. The van der Waals surface area contributed by atoms with Gasteiger partial charge in [0.05, 0.1) is 0 Å². The fourth-order valence-electron chi connectivity index (χ4n) is 8.11. The molecule has 0 aliphatic heterocycles. The van der Waals surface area contributed by atoms with Crippen LogP contribution in [-0.4, -0.2) is 0 Å². The van der Waals surface area contributed by atoms with Gasteiger partial charge in [-0.25, -0.2) is 0 Å². The standard InChI is InChI=1S/C48H28S2/c1-2-10-29(11-3-1)47-37-13-4-6-15-39(37)48(40-16-7-5-14-38(40)47)34-21-20-30-24-31(18-19-32(30)25-34)33-22-23-36-42-28-45-41(27-46(42)50-44(36)26-33)35-12-8-9-17-43(35)49-45/h1-28H. The fraction of sp³-hybridized carbons (Fsp3) is 0. The number of hydrogen-bond donors (Lipinski definition) is 0. The molecule has 50 heavy (non-hydrogen) atoms. The molecule has 0 bridgehead atoms. The van der Waals surface area contributed by atoms with Crippen molar-refractivity contribution in [2.75, 3.05) is 0 Å². The third-order valence-electron chi connectivity index (χ3n) is 10.4. The van der Waals surface area contributed by atoms with Gasteiger partial charge in [0.25, 0.3) is 0 Å². The van der Waals surface area contributed by atoms with Crippen molar-refractivity contribution >= 4 is 95.3 Å². The minimum Gasteiger partial charge on any atom is -0.135 e. The first-order valence-electron chi connectivity index (χ1n) is 17.1. The fourth-order valence-corrected chi connectivity index (χ4v) is 10.4. The lowest BCUT2D eigenvalue weighted by atomic mass is 9.85. The van der Waals surface area contributed by atoms with E-state index in [1.165, 1.54) is 106 Å². The van der Waals surface area contributed by atoms with Gasteiger partial charge in [-0.2, -0.15) is 0 Å². The maximum atomic E-state index is 2.41. The highest BCUT2D eigenvalue weighted by Crippen LogP contribution is 2.45. The molecule has 0 saturated heterocycles. The summed E-state index contributed by atoms with van der Waals surface area (Å²) < 4.78 is 5.42. The van der Waals surface area contributed by atoms with Crippen molar-refractivity contribution in [1.29, 1.82) is 0 Å². The minimum absolute atomic E-state index is 1.25. The van der Waals surface area contributed by atoms with Crippen LogP contribution in [0.2, 0.25) is 0 Å². The molecule has 0 radical (unpaired) electrons. The van der Waals surface area contributed by atoms with E-state index in [1.807, 2.05) is 22.7 Å². The second kappa shape index (κ2) is 10.9. The van der Waals surface area contributed by atoms with E-state index in [4.69, 9.17) is 0 Å². The summed E-state index contributed by atoms with van der Waals surface area (Å²) in [5, 5.41) is 13.1. The molecule has 0 aliphatic rings. The Bertz CT molecular complexity index is 3080. The van der Waals surface area contributed by atoms with Crippen LogP contribution < -0.4 is 0 Å². The molecule has 232 valence electrons. The van der Waals surface area contributed by atoms with Crippen molar-refractivity contribution in [3.05, 3.63) is 170 Å². The molecule has 0 unspecified atom stereocenters. The van der Waals surface area contributed by atoms with Gasteiger partial charge >= 0.3 is 0 Å². The molecule has 0 saturated carbocycles. The molecule has 2 heteroatoms. The topological polar surface area (TPSA) is 0 Å². The van der Waals surface area contributed by atoms with Gasteiger partial charge in [0, 0.05) is 40.3 Å². The summed E-state index contributed by atoms with van der Waals surface area (Å²) in [6.07, 6.45) is 0. The Labute approximate surface area is 297 Å². The average Bonchev–Trinajstić information content (AvgIpc) is 3.72. The van der Waals surface area contributed by atoms with Crippen molar-refractivity contribution in [2.45, 2.75) is 0 Å². The van der Waals surface area contributed by atoms with Gasteiger partial charge in [-0.05, 0) is 102 Å². The molecule has 0 aliphatic carbocycles. The first-order chi connectivity index (χ1) is 24.8. The highest BCUT2D eigenvalue weighted by molar-refractivity contribution is 7.27. The Morgan fingerprint density at radius 3 is 1.34 bits per heavy atom. The number of rotatable bonds is 3. The number of thiophene rings is 2. The Balaban J connectivity index is 1.03. The third kappa shape index (κ3) is 4.23. The quantitative estimate of drug-likeness (QED) is 0.164. The molecule has 11 rings (SSSR count). The Hall–Kier alpha value is -5.80. The van der Waals surface area contributed by atoms with Crippen LogP contribution in [0.1, 0.15) is 0 Å². The first kappa shape index (κ1) is 28.1. The van der Waals surface area contributed by atoms with Crippen LogP contribution in [0.15, 0.2) is 170 Å². The van der Waals surface area contributed by atoms with Gasteiger partial charge in [0.2, 0.25) is 0 Å². The molecule has 0 atom stereocenters. The van der Waals surface area contributed by atoms with Crippen molar-refractivity contribution in [3.63, 3.8) is 0 Å². The van der Waals surface area contributed by atoms with Gasteiger partial charge < -0.3 is 0 Å². The normalized spacial score (nSPS) is 12.0. The van der Waals surface area contributed by atoms with E-state index < -0.39 is 0 Å². The summed E-state index contributed by atoms with van der Waals surface area (Å²) in [5.41, 5.74) is 7.60. The smallest absolute Gasteiger partial charge is 0.0362 e. The van der Waals surface area contributed by atoms with Crippen LogP contribution in [0.4, 0.5) is 0 Å². The molecule has 0 amide bonds. The Morgan fingerprint density at radius 2 is 0.680 bits per heavy atom. The van der Waals surface area contributed by atoms with E-state index in [9.17, 15) is 0 Å². The van der Waals surface area contributed by atoms with Gasteiger partial charge in [0.15, 0.2) is 0 Å². The zero-order valence-electron chi connectivity index (χ0n) is 27.0. The predicted molar refractivity (Wildman–Crippen MR) is 221 cm³/mol. The molecule has 2 heterocycles. The van der Waals surface area contributed by atoms with Crippen LogP contribution in [0.3, 0.4) is 0 Å². The van der Waals surface area contributed by atoms with Crippen molar-refractivity contribution in [3.8, 4) is 33.4 Å². The van der Waals surface area contributed by atoms with Gasteiger partial charge in [-0.3, -0.25) is 0 Å². The van der Waals surface area contributed by atoms with Crippen LogP contribution >= 0.6 is 22.7 Å². The maximum absolute atomic E-state index is 2.41. The summed E-state index contributed by atoms with van der Waals surface area (Å²) in [6, 6.07) is 63.1. The zero-order valence-corrected chi connectivity index (χ0v) is 28.6. The van der Waals surface area contributed by atoms with Gasteiger partial charge in [0.1, 0.15) is 0 Å². The zero-order chi connectivity index (χ0) is 32.8. The van der Waals surface area contributed by atoms with Crippen LogP contribution in [0.25, 0.3) is 106 Å². The average molecular weight is 669 g/mol. The van der Waals surface area contributed by atoms with Crippen molar-refractivity contribution in [1.82, 2.24) is 0 Å². The Morgan fingerprint density at radius 1 is 0.240 bits per heavy atom. The van der Waals surface area contributed by atoms with E-state index in [-0.39, 0.29) is 0 Å². The SMILES string of the molecule is c1ccc(-c2c3ccccc3c(-c3ccc4cc(-c5ccc6c(c5)sc5cc7c(cc56)sc5ccccc57)ccc4c3)c3ccccc23)cc1. The summed E-state index contributed by atoms with van der Waals surface area (Å²) in [6.45, 7) is 0. The summed E-state index contributed by atoms with van der Waals surface area (Å²) in [4.78, 5) is 0. The monoisotopic (exact) mass is 668 g/mol. The number of fused-ring (bicyclic) bond motifs is 9. The third-order valence-corrected chi connectivity index (χ3v) is 12.7. The maximum Gasteiger partial charge on any atom is 0.0362 e. The lowest BCUT2D eigenvalue weighted by molar-refractivity contribution is 1.66. The van der Waals surface area contributed by atoms with Crippen LogP contribution in [0, 0.1) is 0 Å². The van der Waals surface area contributed by atoms with Crippen molar-refractivity contribution in [2.24, 2.45) is 0 Å². The molecule has 0 nitrogen and oxygen atoms in total. The largest absolute Gasteiger partial charge is 0.135 e. The molecule has 0 spiro atoms. The molecule has 0 fully saturated rings. The Kier molecular flexibility index (Phi) is 6.09. The molecular formula is C48H28S2. The highest BCUT2D eigenvalue weighted by Gasteiger charge is 2.17. The second-order valence-electron chi connectivity index (χ2n) is 13.2. The summed E-state index contributed by atoms with van der Waals surface area (Å²) in [7, 11) is 0. The molecule has 2 aromatic heterocycles. The van der Waals surface area contributed by atoms with Crippen LogP contribution in [0.5, 0.6) is 0 Å². The highest BCUT2D eigenvalue weighted by atomic mass is 32.1. The molecule has 0 N–H and O–H groups in total. The van der Waals surface area contributed by atoms with Crippen molar-refractivity contribution < 1.29 is 0 Å². The number of benzene rings is 9. The van der Waals surface area contributed by atoms with E-state index in [0.29, 0.717) is 0 Å². The van der Waals surface area contributed by atoms with E-state index >= 15 is 0 Å². The van der Waals surface area contributed by atoms with Crippen LogP contribution in [-0.2, 0) is 0 Å². The lowest BCUT2D eigenvalue weighted by Crippen LogP contribution is -1.90. The van der Waals surface area contributed by atoms with Gasteiger partial charge in [-0.15, -0.1) is 22.7 Å². The first-order valence-corrected chi connectivity index (χ1v) is 18.7. The minimum atomic E-state index is 1.25. The molecule has 11 aromatic rings. The molecule has 9 aromatic carbocycles.